The second kappa shape index (κ2) is 27.8. The Morgan fingerprint density at radius 3 is 0.458 bits per heavy atom. The van der Waals surface area contributed by atoms with Crippen LogP contribution in [0.5, 0.6) is 0 Å². The van der Waals surface area contributed by atoms with Gasteiger partial charge in [0.25, 0.3) is 0 Å². The summed E-state index contributed by atoms with van der Waals surface area (Å²) in [4.78, 5) is 0. The summed E-state index contributed by atoms with van der Waals surface area (Å²) in [6, 6.07) is 0. The molecule has 0 aromatic heterocycles. The summed E-state index contributed by atoms with van der Waals surface area (Å²) in [5.41, 5.74) is 0. The maximum absolute atomic E-state index is 2.29. The van der Waals surface area contributed by atoms with Crippen LogP contribution in [0.1, 0.15) is 156 Å². The summed E-state index contributed by atoms with van der Waals surface area (Å²) in [6.45, 7) is 9.11. The van der Waals surface area contributed by atoms with Gasteiger partial charge in [-0.05, 0) is 0 Å². The molecule has 0 radical (unpaired) electrons. The third-order valence-corrected chi connectivity index (χ3v) is 4.91. The van der Waals surface area contributed by atoms with Gasteiger partial charge in [0, 0.05) is 0 Å². The summed E-state index contributed by atoms with van der Waals surface area (Å²) in [5.74, 6) is 0. The van der Waals surface area contributed by atoms with Crippen molar-refractivity contribution in [3.63, 3.8) is 0 Å². The molecule has 0 aliphatic heterocycles. The van der Waals surface area contributed by atoms with Crippen molar-refractivity contribution >= 4 is 0 Å². The van der Waals surface area contributed by atoms with Crippen LogP contribution >= 0.6 is 0 Å². The molecule has 0 atom stereocenters. The maximum atomic E-state index is 2.29. The Morgan fingerprint density at radius 1 is 0.208 bits per heavy atom. The molecule has 0 saturated heterocycles. The highest BCUT2D eigenvalue weighted by Gasteiger charge is 1.91. The van der Waals surface area contributed by atoms with Gasteiger partial charge >= 0.3 is 0 Å². The minimum Gasteiger partial charge on any atom is -0.0654 e. The third-order valence-electron chi connectivity index (χ3n) is 4.91. The Balaban J connectivity index is 0. The van der Waals surface area contributed by atoms with Crippen LogP contribution in [-0.4, -0.2) is 0 Å². The Labute approximate surface area is 156 Å². The van der Waals surface area contributed by atoms with E-state index >= 15 is 0 Å². The zero-order chi connectivity index (χ0) is 18.1. The fourth-order valence-electron chi connectivity index (χ4n) is 3.12. The van der Waals surface area contributed by atoms with Crippen LogP contribution in [0.3, 0.4) is 0 Å². The van der Waals surface area contributed by atoms with Crippen molar-refractivity contribution in [3.8, 4) is 0 Å². The lowest BCUT2D eigenvalue weighted by Crippen LogP contribution is -1.81. The summed E-state index contributed by atoms with van der Waals surface area (Å²) >= 11 is 0. The van der Waals surface area contributed by atoms with Gasteiger partial charge < -0.3 is 0 Å². The van der Waals surface area contributed by atoms with Gasteiger partial charge in [-0.2, -0.15) is 0 Å². The van der Waals surface area contributed by atoms with E-state index < -0.39 is 0 Å². The zero-order valence-corrected chi connectivity index (χ0v) is 18.1. The van der Waals surface area contributed by atoms with Gasteiger partial charge in [0.15, 0.2) is 0 Å². The molecule has 0 spiro atoms. The van der Waals surface area contributed by atoms with Gasteiger partial charge in [-0.15, -0.1) is 0 Å². The minimum atomic E-state index is 1.37. The molecule has 0 aliphatic carbocycles. The highest BCUT2D eigenvalue weighted by atomic mass is 14.0. The highest BCUT2D eigenvalue weighted by Crippen LogP contribution is 2.11. The maximum Gasteiger partial charge on any atom is -0.0533 e. The Bertz CT molecular complexity index is 153. The van der Waals surface area contributed by atoms with Crippen LogP contribution in [-0.2, 0) is 0 Å². The summed E-state index contributed by atoms with van der Waals surface area (Å²) in [7, 11) is 0. The molecular weight excluding hydrogens is 288 g/mol. The quantitative estimate of drug-likeness (QED) is 0.218. The fraction of sp³-hybridized carbons (Fsp3) is 1.00. The second-order valence-electron chi connectivity index (χ2n) is 7.66. The number of rotatable bonds is 18. The van der Waals surface area contributed by atoms with Gasteiger partial charge in [-0.1, -0.05) is 156 Å². The van der Waals surface area contributed by atoms with Gasteiger partial charge in [-0.25, -0.2) is 0 Å². The number of hydrogen-bond acceptors (Lipinski definition) is 0. The van der Waals surface area contributed by atoms with Crippen LogP contribution in [0.25, 0.3) is 0 Å². The molecule has 0 aromatic carbocycles. The van der Waals surface area contributed by atoms with Crippen molar-refractivity contribution in [1.82, 2.24) is 0 Å². The van der Waals surface area contributed by atoms with Crippen LogP contribution in [0.15, 0.2) is 0 Å². The second-order valence-corrected chi connectivity index (χ2v) is 7.66. The molecular formula is C24H52. The van der Waals surface area contributed by atoms with E-state index in [0.29, 0.717) is 0 Å². The fourth-order valence-corrected chi connectivity index (χ4v) is 3.12. The largest absolute Gasteiger partial charge is 0.0654 e. The van der Waals surface area contributed by atoms with Gasteiger partial charge in [0.2, 0.25) is 0 Å². The molecule has 0 saturated carbocycles. The zero-order valence-electron chi connectivity index (χ0n) is 18.1. The predicted molar refractivity (Wildman–Crippen MR) is 115 cm³/mol. The Hall–Kier alpha value is 0. The van der Waals surface area contributed by atoms with Crippen molar-refractivity contribution < 1.29 is 0 Å². The van der Waals surface area contributed by atoms with Crippen LogP contribution in [0, 0.1) is 0 Å². The highest BCUT2D eigenvalue weighted by molar-refractivity contribution is 4.47. The van der Waals surface area contributed by atoms with E-state index in [1.54, 1.807) is 0 Å². The van der Waals surface area contributed by atoms with Crippen molar-refractivity contribution in [1.29, 1.82) is 0 Å². The molecule has 148 valence electrons. The van der Waals surface area contributed by atoms with E-state index in [9.17, 15) is 0 Å². The molecule has 0 heteroatoms. The van der Waals surface area contributed by atoms with E-state index in [1.807, 2.05) is 0 Å². The molecule has 0 rings (SSSR count). The Kier molecular flexibility index (Phi) is 30.4. The lowest BCUT2D eigenvalue weighted by atomic mass is 10.1. The SMILES string of the molecule is CCCCCCCCCC.CCCCCCCCCCCCCC. The summed E-state index contributed by atoms with van der Waals surface area (Å²) in [6.07, 6.45) is 28.9. The van der Waals surface area contributed by atoms with E-state index in [0.717, 1.165) is 0 Å². The molecule has 0 N–H and O–H groups in total. The lowest BCUT2D eigenvalue weighted by molar-refractivity contribution is 0.548. The van der Waals surface area contributed by atoms with Crippen LogP contribution in [0.2, 0.25) is 0 Å². The first-order valence-corrected chi connectivity index (χ1v) is 11.8. The molecule has 0 fully saturated rings. The Morgan fingerprint density at radius 2 is 0.333 bits per heavy atom. The number of unbranched alkanes of at least 4 members (excludes halogenated alkanes) is 18. The van der Waals surface area contributed by atoms with E-state index in [-0.39, 0.29) is 0 Å². The van der Waals surface area contributed by atoms with Gasteiger partial charge in [0.05, 0.1) is 0 Å². The lowest BCUT2D eigenvalue weighted by Gasteiger charge is -2.01. The molecule has 0 bridgehead atoms. The first-order chi connectivity index (χ1) is 11.8. The summed E-state index contributed by atoms with van der Waals surface area (Å²) in [5, 5.41) is 0. The average molecular weight is 341 g/mol. The third kappa shape index (κ3) is 29.9. The first-order valence-electron chi connectivity index (χ1n) is 11.8. The van der Waals surface area contributed by atoms with Crippen LogP contribution < -0.4 is 0 Å². The standard InChI is InChI=1S/C14H30.C10H22/c1-3-5-7-9-11-13-14-12-10-8-6-4-2;1-3-5-7-9-10-8-6-4-2/h3-14H2,1-2H3;3-10H2,1-2H3. The number of hydrogen-bond donors (Lipinski definition) is 0. The van der Waals surface area contributed by atoms with E-state index in [2.05, 4.69) is 27.7 Å². The van der Waals surface area contributed by atoms with E-state index in [4.69, 9.17) is 0 Å². The normalized spacial score (nSPS) is 10.5. The van der Waals surface area contributed by atoms with Crippen LogP contribution in [0.4, 0.5) is 0 Å². The van der Waals surface area contributed by atoms with Gasteiger partial charge in [0.1, 0.15) is 0 Å². The van der Waals surface area contributed by atoms with Crippen molar-refractivity contribution in [2.45, 2.75) is 156 Å². The van der Waals surface area contributed by atoms with Crippen molar-refractivity contribution in [3.05, 3.63) is 0 Å². The smallest absolute Gasteiger partial charge is 0.0533 e. The minimum absolute atomic E-state index is 1.37. The topological polar surface area (TPSA) is 0 Å². The van der Waals surface area contributed by atoms with Gasteiger partial charge in [-0.3, -0.25) is 0 Å². The van der Waals surface area contributed by atoms with Crippen molar-refractivity contribution in [2.75, 3.05) is 0 Å². The monoisotopic (exact) mass is 340 g/mol. The van der Waals surface area contributed by atoms with E-state index in [1.165, 1.54) is 128 Å². The molecule has 0 aliphatic rings. The molecule has 0 aromatic rings. The molecule has 0 unspecified atom stereocenters. The van der Waals surface area contributed by atoms with Crippen molar-refractivity contribution in [2.24, 2.45) is 0 Å². The summed E-state index contributed by atoms with van der Waals surface area (Å²) < 4.78 is 0. The first kappa shape index (κ1) is 26.2. The predicted octanol–water partition coefficient (Wildman–Crippen LogP) is 9.85. The molecule has 0 amide bonds. The molecule has 0 heterocycles. The molecule has 24 heavy (non-hydrogen) atoms. The average Bonchev–Trinajstić information content (AvgIpc) is 2.60. The molecule has 0 nitrogen and oxygen atoms in total.